The monoisotopic (exact) mass is 264 g/mol. The van der Waals surface area contributed by atoms with Crippen molar-refractivity contribution in [1.82, 2.24) is 20.2 Å². The van der Waals surface area contributed by atoms with Crippen LogP contribution in [0.3, 0.4) is 0 Å². The highest BCUT2D eigenvalue weighted by atomic mass is 32.2. The maximum atomic E-state index is 8.97. The van der Waals surface area contributed by atoms with Crippen molar-refractivity contribution in [3.63, 3.8) is 0 Å². The van der Waals surface area contributed by atoms with Gasteiger partial charge in [-0.25, -0.2) is 0 Å². The van der Waals surface area contributed by atoms with E-state index < -0.39 is 0 Å². The van der Waals surface area contributed by atoms with Gasteiger partial charge in [-0.3, -0.25) is 0 Å². The van der Waals surface area contributed by atoms with Crippen molar-refractivity contribution in [1.29, 1.82) is 0 Å². The highest BCUT2D eigenvalue weighted by Crippen LogP contribution is 2.15. The number of benzene rings is 1. The van der Waals surface area contributed by atoms with Gasteiger partial charge in [0.1, 0.15) is 0 Å². The Bertz CT molecular complexity index is 474. The molecule has 1 atom stereocenters. The molecule has 6 heteroatoms. The molecule has 0 spiro atoms. The lowest BCUT2D eigenvalue weighted by Gasteiger charge is -2.07. The molecule has 1 aromatic carbocycles. The van der Waals surface area contributed by atoms with Crippen LogP contribution in [0.1, 0.15) is 12.7 Å². The lowest BCUT2D eigenvalue weighted by Crippen LogP contribution is -2.06. The van der Waals surface area contributed by atoms with Gasteiger partial charge in [-0.05, 0) is 34.2 Å². The summed E-state index contributed by atoms with van der Waals surface area (Å²) in [6.07, 6.45) is 0. The lowest BCUT2D eigenvalue weighted by atomic mass is 10.2. The van der Waals surface area contributed by atoms with Crippen LogP contribution in [-0.2, 0) is 5.75 Å². The molecule has 2 rings (SSSR count). The van der Waals surface area contributed by atoms with E-state index in [1.165, 1.54) is 0 Å². The molecule has 0 aliphatic carbocycles. The van der Waals surface area contributed by atoms with Crippen molar-refractivity contribution in [2.75, 3.05) is 12.4 Å². The van der Waals surface area contributed by atoms with Crippen LogP contribution in [0.2, 0.25) is 0 Å². The third-order valence-electron chi connectivity index (χ3n) is 2.48. The molecule has 1 heterocycles. The number of para-hydroxylation sites is 1. The Balaban J connectivity index is 2.00. The first kappa shape index (κ1) is 13.0. The van der Waals surface area contributed by atoms with E-state index in [2.05, 4.69) is 15.5 Å². The molecular formula is C12H16N4OS. The Hall–Kier alpha value is -1.40. The maximum Gasteiger partial charge on any atom is 0.166 e. The van der Waals surface area contributed by atoms with E-state index in [-0.39, 0.29) is 6.61 Å². The molecule has 0 radical (unpaired) electrons. The molecule has 1 unspecified atom stereocenters. The molecule has 1 aromatic heterocycles. The minimum atomic E-state index is 0.219. The zero-order chi connectivity index (χ0) is 12.8. The van der Waals surface area contributed by atoms with Gasteiger partial charge < -0.3 is 5.11 Å². The van der Waals surface area contributed by atoms with Gasteiger partial charge in [0.05, 0.1) is 11.4 Å². The van der Waals surface area contributed by atoms with Crippen LogP contribution >= 0.6 is 11.8 Å². The van der Waals surface area contributed by atoms with E-state index in [1.54, 1.807) is 16.4 Å². The van der Waals surface area contributed by atoms with Crippen molar-refractivity contribution in [3.05, 3.63) is 36.2 Å². The van der Waals surface area contributed by atoms with Gasteiger partial charge in [-0.1, -0.05) is 25.1 Å². The normalized spacial score (nSPS) is 12.6. The minimum absolute atomic E-state index is 0.219. The number of hydrogen-bond donors (Lipinski definition) is 1. The maximum absolute atomic E-state index is 8.97. The molecule has 0 saturated carbocycles. The molecule has 1 N–H and O–H groups in total. The molecular weight excluding hydrogens is 248 g/mol. The first-order valence-electron chi connectivity index (χ1n) is 5.82. The fraction of sp³-hybridized carbons (Fsp3) is 0.417. The van der Waals surface area contributed by atoms with Gasteiger partial charge in [0, 0.05) is 6.61 Å². The number of hydrogen-bond acceptors (Lipinski definition) is 5. The highest BCUT2D eigenvalue weighted by molar-refractivity contribution is 7.98. The first-order valence-corrected chi connectivity index (χ1v) is 6.98. The Morgan fingerprint density at radius 2 is 2.11 bits per heavy atom. The third-order valence-corrected chi connectivity index (χ3v) is 3.75. The first-order chi connectivity index (χ1) is 8.81. The van der Waals surface area contributed by atoms with Crippen LogP contribution in [0, 0.1) is 5.92 Å². The van der Waals surface area contributed by atoms with Gasteiger partial charge >= 0.3 is 0 Å². The van der Waals surface area contributed by atoms with Crippen molar-refractivity contribution in [2.45, 2.75) is 12.7 Å². The molecule has 0 amide bonds. The molecule has 5 nitrogen and oxygen atoms in total. The zero-order valence-corrected chi connectivity index (χ0v) is 11.0. The molecule has 0 fully saturated rings. The van der Waals surface area contributed by atoms with Gasteiger partial charge in [0.25, 0.3) is 0 Å². The fourth-order valence-corrected chi connectivity index (χ4v) is 2.46. The molecule has 0 aliphatic heterocycles. The predicted molar refractivity (Wildman–Crippen MR) is 71.6 cm³/mol. The summed E-state index contributed by atoms with van der Waals surface area (Å²) in [5, 5.41) is 20.7. The number of rotatable bonds is 6. The molecule has 96 valence electrons. The van der Waals surface area contributed by atoms with E-state index in [1.807, 2.05) is 37.3 Å². The zero-order valence-electron chi connectivity index (χ0n) is 10.2. The van der Waals surface area contributed by atoms with E-state index in [0.29, 0.717) is 5.92 Å². The summed E-state index contributed by atoms with van der Waals surface area (Å²) in [6, 6.07) is 9.83. The lowest BCUT2D eigenvalue weighted by molar-refractivity contribution is 0.250. The predicted octanol–water partition coefficient (Wildman–Crippen LogP) is 1.52. The molecule has 18 heavy (non-hydrogen) atoms. The van der Waals surface area contributed by atoms with Crippen molar-refractivity contribution >= 4 is 11.8 Å². The van der Waals surface area contributed by atoms with E-state index in [9.17, 15) is 0 Å². The van der Waals surface area contributed by atoms with Gasteiger partial charge in [-0.15, -0.1) is 5.10 Å². The van der Waals surface area contributed by atoms with Crippen LogP contribution in [0.5, 0.6) is 0 Å². The molecule has 0 saturated heterocycles. The largest absolute Gasteiger partial charge is 0.396 e. The van der Waals surface area contributed by atoms with E-state index in [0.717, 1.165) is 23.0 Å². The average molecular weight is 264 g/mol. The van der Waals surface area contributed by atoms with Crippen molar-refractivity contribution < 1.29 is 5.11 Å². The van der Waals surface area contributed by atoms with Crippen LogP contribution < -0.4 is 0 Å². The molecule has 2 aromatic rings. The SMILES string of the molecule is CC(CO)CSCc1nnnn1-c1ccccc1. The Morgan fingerprint density at radius 1 is 1.33 bits per heavy atom. The summed E-state index contributed by atoms with van der Waals surface area (Å²) in [6.45, 7) is 2.24. The van der Waals surface area contributed by atoms with Crippen LogP contribution in [0.15, 0.2) is 30.3 Å². The van der Waals surface area contributed by atoms with Crippen molar-refractivity contribution in [2.24, 2.45) is 5.92 Å². The second kappa shape index (κ2) is 6.51. The molecule has 0 aliphatic rings. The quantitative estimate of drug-likeness (QED) is 0.857. The minimum Gasteiger partial charge on any atom is -0.396 e. The summed E-state index contributed by atoms with van der Waals surface area (Å²) >= 11 is 1.73. The van der Waals surface area contributed by atoms with Gasteiger partial charge in [0.15, 0.2) is 5.82 Å². The van der Waals surface area contributed by atoms with E-state index in [4.69, 9.17) is 5.11 Å². The summed E-state index contributed by atoms with van der Waals surface area (Å²) < 4.78 is 1.75. The number of thioether (sulfide) groups is 1. The third kappa shape index (κ3) is 3.30. The topological polar surface area (TPSA) is 63.8 Å². The average Bonchev–Trinajstić information content (AvgIpc) is 2.88. The Morgan fingerprint density at radius 3 is 2.83 bits per heavy atom. The standard InChI is InChI=1S/C12H16N4OS/c1-10(7-17)8-18-9-12-13-14-15-16(12)11-5-3-2-4-6-11/h2-6,10,17H,7-9H2,1H3. The number of nitrogens with zero attached hydrogens (tertiary/aromatic N) is 4. The van der Waals surface area contributed by atoms with Gasteiger partial charge in [-0.2, -0.15) is 16.4 Å². The number of aliphatic hydroxyl groups excluding tert-OH is 1. The number of aliphatic hydroxyl groups is 1. The van der Waals surface area contributed by atoms with Gasteiger partial charge in [0.2, 0.25) is 0 Å². The number of tetrazole rings is 1. The summed E-state index contributed by atoms with van der Waals surface area (Å²) in [7, 11) is 0. The van der Waals surface area contributed by atoms with E-state index >= 15 is 0 Å². The smallest absolute Gasteiger partial charge is 0.166 e. The second-order valence-electron chi connectivity index (χ2n) is 4.15. The number of aromatic nitrogens is 4. The van der Waals surface area contributed by atoms with Crippen molar-refractivity contribution in [3.8, 4) is 5.69 Å². The summed E-state index contributed by atoms with van der Waals surface area (Å²) in [4.78, 5) is 0. The Kier molecular flexibility index (Phi) is 4.72. The van der Waals surface area contributed by atoms with Crippen LogP contribution in [0.4, 0.5) is 0 Å². The summed E-state index contributed by atoms with van der Waals surface area (Å²) in [5.74, 6) is 2.78. The highest BCUT2D eigenvalue weighted by Gasteiger charge is 2.08. The second-order valence-corrected chi connectivity index (χ2v) is 5.18. The summed E-state index contributed by atoms with van der Waals surface area (Å²) in [5.41, 5.74) is 0.966. The Labute approximate surface area is 110 Å². The molecule has 0 bridgehead atoms. The fourth-order valence-electron chi connectivity index (χ4n) is 1.47. The van der Waals surface area contributed by atoms with Crippen LogP contribution in [0.25, 0.3) is 5.69 Å². The van der Waals surface area contributed by atoms with Crippen LogP contribution in [-0.4, -0.2) is 37.7 Å².